The van der Waals surface area contributed by atoms with Gasteiger partial charge in [-0.05, 0) is 23.8 Å². The number of rotatable bonds is 3. The van der Waals surface area contributed by atoms with Gasteiger partial charge in [-0.2, -0.15) is 0 Å². The van der Waals surface area contributed by atoms with E-state index in [-0.39, 0.29) is 0 Å². The van der Waals surface area contributed by atoms with E-state index in [1.165, 1.54) is 0 Å². The van der Waals surface area contributed by atoms with E-state index in [4.69, 9.17) is 22.8 Å². The molecule has 2 aromatic rings. The first-order chi connectivity index (χ1) is 8.29. The fraction of sp³-hybridized carbons (Fsp3) is 0.0667. The summed E-state index contributed by atoms with van der Waals surface area (Å²) in [5, 5.41) is 0.616. The van der Waals surface area contributed by atoms with Gasteiger partial charge in [-0.25, -0.2) is 0 Å². The Morgan fingerprint density at radius 1 is 1.12 bits per heavy atom. The molecule has 0 aromatic heterocycles. The number of ether oxygens (including phenoxy) is 1. The minimum absolute atomic E-state index is 0.497. The van der Waals surface area contributed by atoms with Crippen LogP contribution in [0.1, 0.15) is 11.1 Å². The third-order valence-electron chi connectivity index (χ3n) is 2.33. The second-order valence-electron chi connectivity index (χ2n) is 3.56. The summed E-state index contributed by atoms with van der Waals surface area (Å²) < 4.78 is 5.67. The molecule has 0 N–H and O–H groups in total. The topological polar surface area (TPSA) is 9.23 Å². The molecule has 0 atom stereocenters. The molecule has 2 aromatic carbocycles. The van der Waals surface area contributed by atoms with E-state index < -0.39 is 0 Å². The molecule has 0 saturated carbocycles. The molecule has 0 spiro atoms. The number of halogens is 1. The Kier molecular flexibility index (Phi) is 3.69. The molecule has 0 aliphatic rings. The molecule has 84 valence electrons. The van der Waals surface area contributed by atoms with Crippen LogP contribution in [-0.2, 0) is 6.61 Å². The second-order valence-corrected chi connectivity index (χ2v) is 4.00. The molecule has 0 unspecified atom stereocenters. The SMILES string of the molecule is C#Cc1cc(Cl)ccc1OCc1ccccc1. The van der Waals surface area contributed by atoms with E-state index in [0.29, 0.717) is 22.9 Å². The largest absolute Gasteiger partial charge is 0.488 e. The second kappa shape index (κ2) is 5.43. The van der Waals surface area contributed by atoms with Crippen molar-refractivity contribution in [3.05, 3.63) is 64.7 Å². The molecule has 2 rings (SSSR count). The fourth-order valence-electron chi connectivity index (χ4n) is 1.48. The van der Waals surface area contributed by atoms with E-state index >= 15 is 0 Å². The molecule has 0 aliphatic carbocycles. The number of hydrogen-bond donors (Lipinski definition) is 0. The van der Waals surface area contributed by atoms with Crippen LogP contribution >= 0.6 is 11.6 Å². The highest BCUT2D eigenvalue weighted by molar-refractivity contribution is 6.30. The fourth-order valence-corrected chi connectivity index (χ4v) is 1.65. The average molecular weight is 243 g/mol. The summed E-state index contributed by atoms with van der Waals surface area (Å²) in [5.41, 5.74) is 1.78. The molecule has 0 bridgehead atoms. The zero-order chi connectivity index (χ0) is 12.1. The van der Waals surface area contributed by atoms with E-state index in [1.807, 2.05) is 30.3 Å². The van der Waals surface area contributed by atoms with Gasteiger partial charge in [0.2, 0.25) is 0 Å². The Balaban J connectivity index is 2.12. The normalized spacial score (nSPS) is 9.65. The Morgan fingerprint density at radius 3 is 2.59 bits per heavy atom. The predicted octanol–water partition coefficient (Wildman–Crippen LogP) is 3.90. The van der Waals surface area contributed by atoms with Crippen LogP contribution in [0.4, 0.5) is 0 Å². The minimum Gasteiger partial charge on any atom is -0.488 e. The highest BCUT2D eigenvalue weighted by Crippen LogP contribution is 2.22. The Hall–Kier alpha value is -1.91. The van der Waals surface area contributed by atoms with Crippen LogP contribution in [0.25, 0.3) is 0 Å². The van der Waals surface area contributed by atoms with Crippen molar-refractivity contribution in [2.45, 2.75) is 6.61 Å². The number of terminal acetylenes is 1. The van der Waals surface area contributed by atoms with Gasteiger partial charge in [-0.1, -0.05) is 47.9 Å². The van der Waals surface area contributed by atoms with Crippen LogP contribution in [0.5, 0.6) is 5.75 Å². The van der Waals surface area contributed by atoms with Crippen molar-refractivity contribution in [3.8, 4) is 18.1 Å². The maximum Gasteiger partial charge on any atom is 0.135 e. The lowest BCUT2D eigenvalue weighted by molar-refractivity contribution is 0.305. The van der Waals surface area contributed by atoms with E-state index in [1.54, 1.807) is 18.2 Å². The monoisotopic (exact) mass is 242 g/mol. The molecule has 0 aliphatic heterocycles. The third-order valence-corrected chi connectivity index (χ3v) is 2.57. The summed E-state index contributed by atoms with van der Waals surface area (Å²) in [6, 6.07) is 15.2. The van der Waals surface area contributed by atoms with Crippen molar-refractivity contribution >= 4 is 11.6 Å². The Labute approximate surface area is 106 Å². The number of hydrogen-bond acceptors (Lipinski definition) is 1. The molecule has 0 amide bonds. The lowest BCUT2D eigenvalue weighted by Crippen LogP contribution is -1.96. The third kappa shape index (κ3) is 3.03. The zero-order valence-electron chi connectivity index (χ0n) is 9.19. The van der Waals surface area contributed by atoms with Gasteiger partial charge in [-0.15, -0.1) is 6.42 Å². The highest BCUT2D eigenvalue weighted by atomic mass is 35.5. The quantitative estimate of drug-likeness (QED) is 0.742. The van der Waals surface area contributed by atoms with Crippen LogP contribution < -0.4 is 4.74 Å². The molecule has 0 radical (unpaired) electrons. The maximum absolute atomic E-state index is 5.86. The van der Waals surface area contributed by atoms with Crippen LogP contribution in [0, 0.1) is 12.3 Å². The van der Waals surface area contributed by atoms with E-state index in [0.717, 1.165) is 5.56 Å². The van der Waals surface area contributed by atoms with Gasteiger partial charge in [-0.3, -0.25) is 0 Å². The lowest BCUT2D eigenvalue weighted by atomic mass is 10.2. The zero-order valence-corrected chi connectivity index (χ0v) is 9.95. The van der Waals surface area contributed by atoms with Crippen LogP contribution in [0.15, 0.2) is 48.5 Å². The molecule has 17 heavy (non-hydrogen) atoms. The van der Waals surface area contributed by atoms with Gasteiger partial charge >= 0.3 is 0 Å². The molecule has 0 heterocycles. The first-order valence-corrected chi connectivity index (χ1v) is 5.60. The van der Waals surface area contributed by atoms with Gasteiger partial charge in [0, 0.05) is 5.02 Å². The van der Waals surface area contributed by atoms with Crippen molar-refractivity contribution in [3.63, 3.8) is 0 Å². The molecule has 1 nitrogen and oxygen atoms in total. The Bertz CT molecular complexity index is 541. The van der Waals surface area contributed by atoms with E-state index in [9.17, 15) is 0 Å². The predicted molar refractivity (Wildman–Crippen MR) is 70.2 cm³/mol. The summed E-state index contributed by atoms with van der Waals surface area (Å²) in [7, 11) is 0. The van der Waals surface area contributed by atoms with Gasteiger partial charge in [0.15, 0.2) is 0 Å². The molecular formula is C15H11ClO. The number of benzene rings is 2. The highest BCUT2D eigenvalue weighted by Gasteiger charge is 2.02. The summed E-state index contributed by atoms with van der Waals surface area (Å²) in [5.74, 6) is 3.24. The van der Waals surface area contributed by atoms with E-state index in [2.05, 4.69) is 5.92 Å². The maximum atomic E-state index is 5.86. The summed E-state index contributed by atoms with van der Waals surface area (Å²) in [4.78, 5) is 0. The average Bonchev–Trinajstić information content (AvgIpc) is 2.38. The van der Waals surface area contributed by atoms with Crippen molar-refractivity contribution in [2.75, 3.05) is 0 Å². The first-order valence-electron chi connectivity index (χ1n) is 5.22. The van der Waals surface area contributed by atoms with Crippen LogP contribution in [0.2, 0.25) is 5.02 Å². The van der Waals surface area contributed by atoms with Crippen molar-refractivity contribution in [2.24, 2.45) is 0 Å². The molecule has 0 fully saturated rings. The van der Waals surface area contributed by atoms with Crippen molar-refractivity contribution in [1.29, 1.82) is 0 Å². The van der Waals surface area contributed by atoms with Gasteiger partial charge in [0.1, 0.15) is 12.4 Å². The smallest absolute Gasteiger partial charge is 0.135 e. The van der Waals surface area contributed by atoms with Gasteiger partial charge < -0.3 is 4.74 Å². The van der Waals surface area contributed by atoms with Crippen LogP contribution in [-0.4, -0.2) is 0 Å². The molecule has 0 saturated heterocycles. The summed E-state index contributed by atoms with van der Waals surface area (Å²) in [6.07, 6.45) is 5.40. The van der Waals surface area contributed by atoms with Crippen LogP contribution in [0.3, 0.4) is 0 Å². The molecule has 2 heteroatoms. The minimum atomic E-state index is 0.497. The van der Waals surface area contributed by atoms with Crippen molar-refractivity contribution in [1.82, 2.24) is 0 Å². The van der Waals surface area contributed by atoms with Gasteiger partial charge in [0.05, 0.1) is 5.56 Å². The van der Waals surface area contributed by atoms with Gasteiger partial charge in [0.25, 0.3) is 0 Å². The standard InChI is InChI=1S/C15H11ClO/c1-2-13-10-14(16)8-9-15(13)17-11-12-6-4-3-5-7-12/h1,3-10H,11H2. The van der Waals surface area contributed by atoms with Crippen molar-refractivity contribution < 1.29 is 4.74 Å². The molecular weight excluding hydrogens is 232 g/mol. The summed E-state index contributed by atoms with van der Waals surface area (Å²) >= 11 is 5.86. The summed E-state index contributed by atoms with van der Waals surface area (Å²) in [6.45, 7) is 0.497. The first kappa shape index (κ1) is 11.6. The lowest BCUT2D eigenvalue weighted by Gasteiger charge is -2.08. The Morgan fingerprint density at radius 2 is 1.88 bits per heavy atom.